The Labute approximate surface area is 250 Å². The summed E-state index contributed by atoms with van der Waals surface area (Å²) in [6.45, 7) is 13.1. The molecule has 1 aromatic carbocycles. The summed E-state index contributed by atoms with van der Waals surface area (Å²) in [5.74, 6) is -2.00. The number of rotatable bonds is 12. The van der Waals surface area contributed by atoms with Gasteiger partial charge in [-0.25, -0.2) is 0 Å². The Morgan fingerprint density at radius 3 is 2.43 bits per heavy atom. The largest absolute Gasteiger partial charge is 0.396 e. The second-order valence-corrected chi connectivity index (χ2v) is 12.9. The Balaban J connectivity index is 1.55. The van der Waals surface area contributed by atoms with Gasteiger partial charge in [0.05, 0.1) is 17.4 Å². The van der Waals surface area contributed by atoms with E-state index in [2.05, 4.69) is 20.1 Å². The molecule has 42 heavy (non-hydrogen) atoms. The summed E-state index contributed by atoms with van der Waals surface area (Å²) in [5, 5.41) is 9.71. The molecule has 2 bridgehead atoms. The minimum Gasteiger partial charge on any atom is -0.396 e. The SMILES string of the molecule is C=CCN(Cc1ccccc1)C(=O)[C@H]1[C@H]2C(=O)N(CCCO)C(C(=O)N(CC=C)C3CCCCC3)C23CC(C)[C@]1(C)O3. The highest BCUT2D eigenvalue weighted by Gasteiger charge is 2.80. The Kier molecular flexibility index (Phi) is 8.95. The molecule has 6 atom stereocenters. The molecule has 3 amide bonds. The molecule has 4 fully saturated rings. The molecule has 1 spiro atoms. The predicted octanol–water partition coefficient (Wildman–Crippen LogP) is 3.94. The summed E-state index contributed by atoms with van der Waals surface area (Å²) >= 11 is 0. The number of likely N-dealkylation sites (tertiary alicyclic amines) is 1. The van der Waals surface area contributed by atoms with Crippen molar-refractivity contribution in [1.29, 1.82) is 0 Å². The fourth-order valence-corrected chi connectivity index (χ4v) is 8.37. The minimum atomic E-state index is -1.10. The Bertz CT molecular complexity index is 1180. The predicted molar refractivity (Wildman–Crippen MR) is 161 cm³/mol. The van der Waals surface area contributed by atoms with E-state index in [9.17, 15) is 19.5 Å². The van der Waals surface area contributed by atoms with Gasteiger partial charge in [-0.15, -0.1) is 13.2 Å². The second-order valence-electron chi connectivity index (χ2n) is 12.9. The first-order valence-electron chi connectivity index (χ1n) is 15.7. The van der Waals surface area contributed by atoms with Crippen molar-refractivity contribution in [2.45, 2.75) is 88.6 Å². The van der Waals surface area contributed by atoms with Gasteiger partial charge in [0, 0.05) is 38.8 Å². The molecule has 1 N–H and O–H groups in total. The van der Waals surface area contributed by atoms with E-state index in [-0.39, 0.29) is 42.8 Å². The average Bonchev–Trinajstić information content (AvgIpc) is 3.51. The van der Waals surface area contributed by atoms with Gasteiger partial charge in [0.2, 0.25) is 17.7 Å². The van der Waals surface area contributed by atoms with Crippen LogP contribution in [0.15, 0.2) is 55.6 Å². The number of hydrogen-bond acceptors (Lipinski definition) is 5. The lowest BCUT2D eigenvalue weighted by Gasteiger charge is -2.41. The molecular weight excluding hydrogens is 530 g/mol. The van der Waals surface area contributed by atoms with Gasteiger partial charge in [-0.1, -0.05) is 68.7 Å². The van der Waals surface area contributed by atoms with Gasteiger partial charge in [-0.2, -0.15) is 0 Å². The third-order valence-electron chi connectivity index (χ3n) is 10.4. The van der Waals surface area contributed by atoms with E-state index in [0.717, 1.165) is 37.7 Å². The highest BCUT2D eigenvalue weighted by Crippen LogP contribution is 2.65. The molecule has 4 aliphatic rings. The van der Waals surface area contributed by atoms with Crippen molar-refractivity contribution < 1.29 is 24.2 Å². The quantitative estimate of drug-likeness (QED) is 0.380. The smallest absolute Gasteiger partial charge is 0.248 e. The van der Waals surface area contributed by atoms with Crippen LogP contribution in [0.3, 0.4) is 0 Å². The molecule has 3 heterocycles. The molecule has 1 aromatic rings. The maximum atomic E-state index is 14.7. The van der Waals surface area contributed by atoms with Crippen LogP contribution in [0.5, 0.6) is 0 Å². The van der Waals surface area contributed by atoms with E-state index < -0.39 is 29.1 Å². The second kappa shape index (κ2) is 12.3. The van der Waals surface area contributed by atoms with E-state index in [1.54, 1.807) is 22.0 Å². The Morgan fingerprint density at radius 2 is 1.79 bits per heavy atom. The monoisotopic (exact) mass is 577 g/mol. The first-order chi connectivity index (χ1) is 20.2. The summed E-state index contributed by atoms with van der Waals surface area (Å²) in [6.07, 6.45) is 9.52. The van der Waals surface area contributed by atoms with Gasteiger partial charge in [-0.05, 0) is 44.1 Å². The van der Waals surface area contributed by atoms with Crippen molar-refractivity contribution in [3.05, 3.63) is 61.2 Å². The number of benzene rings is 1. The number of aliphatic hydroxyl groups is 1. The van der Waals surface area contributed by atoms with Gasteiger partial charge >= 0.3 is 0 Å². The topological polar surface area (TPSA) is 90.4 Å². The van der Waals surface area contributed by atoms with Gasteiger partial charge in [0.1, 0.15) is 11.6 Å². The van der Waals surface area contributed by atoms with Crippen LogP contribution in [0.1, 0.15) is 64.4 Å². The van der Waals surface area contributed by atoms with Crippen LogP contribution in [0.2, 0.25) is 0 Å². The number of fused-ring (bicyclic) bond motifs is 1. The summed E-state index contributed by atoms with van der Waals surface area (Å²) in [5.41, 5.74) is -0.991. The summed E-state index contributed by atoms with van der Waals surface area (Å²) in [7, 11) is 0. The van der Waals surface area contributed by atoms with E-state index in [1.807, 2.05) is 42.2 Å². The number of ether oxygens (including phenoxy) is 1. The molecular formula is C34H47N3O5. The van der Waals surface area contributed by atoms with E-state index in [0.29, 0.717) is 32.5 Å². The minimum absolute atomic E-state index is 0.0339. The van der Waals surface area contributed by atoms with Crippen LogP contribution in [0.25, 0.3) is 0 Å². The number of carbonyl (C=O) groups excluding carboxylic acids is 3. The van der Waals surface area contributed by atoms with Crippen molar-refractivity contribution in [2.24, 2.45) is 17.8 Å². The molecule has 3 saturated heterocycles. The van der Waals surface area contributed by atoms with E-state index in [1.165, 1.54) is 0 Å². The van der Waals surface area contributed by atoms with Gasteiger partial charge in [-0.3, -0.25) is 14.4 Å². The van der Waals surface area contributed by atoms with Crippen LogP contribution in [-0.2, 0) is 25.7 Å². The number of carbonyl (C=O) groups is 3. The Morgan fingerprint density at radius 1 is 1.10 bits per heavy atom. The van der Waals surface area contributed by atoms with E-state index >= 15 is 0 Å². The zero-order chi connectivity index (χ0) is 30.1. The normalized spacial score (nSPS) is 32.1. The third-order valence-corrected chi connectivity index (χ3v) is 10.4. The fraction of sp³-hybridized carbons (Fsp3) is 0.618. The summed E-state index contributed by atoms with van der Waals surface area (Å²) in [4.78, 5) is 48.9. The van der Waals surface area contributed by atoms with Crippen LogP contribution in [0, 0.1) is 17.8 Å². The number of hydrogen-bond donors (Lipinski definition) is 1. The van der Waals surface area contributed by atoms with Crippen LogP contribution in [-0.4, -0.2) is 87.1 Å². The van der Waals surface area contributed by atoms with Gasteiger partial charge in [0.25, 0.3) is 0 Å². The molecule has 1 saturated carbocycles. The van der Waals surface area contributed by atoms with Gasteiger partial charge in [0.15, 0.2) is 0 Å². The molecule has 3 aliphatic heterocycles. The zero-order valence-corrected chi connectivity index (χ0v) is 25.2. The number of amides is 3. The van der Waals surface area contributed by atoms with Crippen molar-refractivity contribution >= 4 is 17.7 Å². The third kappa shape index (κ3) is 5.00. The van der Waals surface area contributed by atoms with E-state index in [4.69, 9.17) is 4.74 Å². The first-order valence-corrected chi connectivity index (χ1v) is 15.7. The van der Waals surface area contributed by atoms with Crippen LogP contribution < -0.4 is 0 Å². The maximum absolute atomic E-state index is 14.7. The van der Waals surface area contributed by atoms with Crippen LogP contribution >= 0.6 is 0 Å². The standard InChI is InChI=1S/C34H47N3O5/c1-5-18-35(23-25-14-9-7-10-15-25)30(39)27-28-31(40)37(20-13-21-38)29(34(28)22-24(3)33(27,4)42-34)32(41)36(19-6-2)26-16-11-8-12-17-26/h5-7,9-10,14-15,24,26-29,38H,1-2,8,11-13,16-23H2,3-4H3/t24?,27-,28+,29?,33+,34?/m1/s1. The lowest BCUT2D eigenvalue weighted by Crippen LogP contribution is -2.58. The Hall–Kier alpha value is -2.97. The van der Waals surface area contributed by atoms with Crippen molar-refractivity contribution in [1.82, 2.24) is 14.7 Å². The van der Waals surface area contributed by atoms with Crippen molar-refractivity contribution in [3.8, 4) is 0 Å². The maximum Gasteiger partial charge on any atom is 0.248 e. The molecule has 0 aromatic heterocycles. The highest BCUT2D eigenvalue weighted by atomic mass is 16.5. The fourth-order valence-electron chi connectivity index (χ4n) is 8.37. The van der Waals surface area contributed by atoms with Crippen molar-refractivity contribution in [3.63, 3.8) is 0 Å². The lowest BCUT2D eigenvalue weighted by molar-refractivity contribution is -0.156. The molecule has 8 heteroatoms. The molecule has 1 aliphatic carbocycles. The number of aliphatic hydroxyl groups excluding tert-OH is 1. The zero-order valence-electron chi connectivity index (χ0n) is 25.2. The average molecular weight is 578 g/mol. The highest BCUT2D eigenvalue weighted by molar-refractivity contribution is 5.99. The first kappa shape index (κ1) is 30.5. The molecule has 0 radical (unpaired) electrons. The van der Waals surface area contributed by atoms with Crippen LogP contribution in [0.4, 0.5) is 0 Å². The molecule has 228 valence electrons. The molecule has 8 nitrogen and oxygen atoms in total. The van der Waals surface area contributed by atoms with Crippen molar-refractivity contribution in [2.75, 3.05) is 26.2 Å². The molecule has 3 unspecified atom stereocenters. The summed E-state index contributed by atoms with van der Waals surface area (Å²) in [6, 6.07) is 9.05. The number of nitrogens with zero attached hydrogens (tertiary/aromatic N) is 3. The molecule has 5 rings (SSSR count). The summed E-state index contributed by atoms with van der Waals surface area (Å²) < 4.78 is 6.95. The van der Waals surface area contributed by atoms with Gasteiger partial charge < -0.3 is 24.5 Å². The lowest BCUT2D eigenvalue weighted by atomic mass is 9.62.